The Bertz CT molecular complexity index is 571. The van der Waals surface area contributed by atoms with Gasteiger partial charge in [-0.15, -0.1) is 0 Å². The van der Waals surface area contributed by atoms with Gasteiger partial charge in [0.1, 0.15) is 5.84 Å². The van der Waals surface area contributed by atoms with Crippen LogP contribution in [-0.2, 0) is 6.54 Å². The first-order valence-corrected chi connectivity index (χ1v) is 7.27. The quantitative estimate of drug-likeness (QED) is 0.928. The number of hydrogen-bond donors (Lipinski definition) is 1. The molecule has 104 valence electrons. The summed E-state index contributed by atoms with van der Waals surface area (Å²) in [5.41, 5.74) is 2.29. The van der Waals surface area contributed by atoms with Crippen LogP contribution < -0.4 is 5.32 Å². The van der Waals surface area contributed by atoms with E-state index in [0.717, 1.165) is 31.0 Å². The third-order valence-electron chi connectivity index (χ3n) is 3.48. The average molecular weight is 268 g/mol. The average Bonchev–Trinajstić information content (AvgIpc) is 2.74. The van der Waals surface area contributed by atoms with Gasteiger partial charge in [-0.25, -0.2) is 0 Å². The molecule has 0 spiro atoms. The van der Waals surface area contributed by atoms with Crippen LogP contribution in [-0.4, -0.2) is 22.2 Å². The molecule has 0 amide bonds. The summed E-state index contributed by atoms with van der Waals surface area (Å²) in [4.78, 5) is 4.58. The molecular weight excluding hydrogens is 248 g/mol. The summed E-state index contributed by atoms with van der Waals surface area (Å²) in [7, 11) is 0. The van der Waals surface area contributed by atoms with Crippen molar-refractivity contribution in [2.45, 2.75) is 32.2 Å². The molecule has 1 N–H and O–H groups in total. The van der Waals surface area contributed by atoms with Gasteiger partial charge in [-0.05, 0) is 18.4 Å². The van der Waals surface area contributed by atoms with E-state index in [2.05, 4.69) is 39.7 Å². The zero-order valence-electron chi connectivity index (χ0n) is 11.6. The molecule has 20 heavy (non-hydrogen) atoms. The Labute approximate surface area is 119 Å². The molecule has 1 aliphatic rings. The van der Waals surface area contributed by atoms with Gasteiger partial charge in [0.15, 0.2) is 0 Å². The summed E-state index contributed by atoms with van der Waals surface area (Å²) in [5, 5.41) is 7.79. The minimum absolute atomic E-state index is 0.801. The Morgan fingerprint density at radius 2 is 2.00 bits per heavy atom. The number of benzene rings is 1. The highest BCUT2D eigenvalue weighted by Gasteiger charge is 2.06. The molecule has 1 aromatic carbocycles. The Hall–Kier alpha value is -2.10. The highest BCUT2D eigenvalue weighted by atomic mass is 15.3. The maximum atomic E-state index is 4.58. The molecule has 2 aromatic rings. The van der Waals surface area contributed by atoms with Crippen molar-refractivity contribution in [1.82, 2.24) is 9.78 Å². The highest BCUT2D eigenvalue weighted by Crippen LogP contribution is 2.12. The van der Waals surface area contributed by atoms with Crippen molar-refractivity contribution >= 4 is 11.5 Å². The third-order valence-corrected chi connectivity index (χ3v) is 3.48. The number of amidine groups is 1. The van der Waals surface area contributed by atoms with Crippen LogP contribution in [0.25, 0.3) is 0 Å². The molecule has 0 fully saturated rings. The molecule has 0 unspecified atom stereocenters. The van der Waals surface area contributed by atoms with Gasteiger partial charge in [-0.2, -0.15) is 5.10 Å². The molecule has 4 nitrogen and oxygen atoms in total. The van der Waals surface area contributed by atoms with Crippen LogP contribution >= 0.6 is 0 Å². The lowest BCUT2D eigenvalue weighted by molar-refractivity contribution is 0.687. The predicted molar refractivity (Wildman–Crippen MR) is 82.2 cm³/mol. The van der Waals surface area contributed by atoms with Crippen molar-refractivity contribution in [3.63, 3.8) is 0 Å². The first-order chi connectivity index (χ1) is 9.90. The Morgan fingerprint density at radius 1 is 1.10 bits per heavy atom. The molecule has 4 heteroatoms. The molecule has 3 rings (SSSR count). The summed E-state index contributed by atoms with van der Waals surface area (Å²) in [6, 6.07) is 10.4. The third kappa shape index (κ3) is 3.47. The van der Waals surface area contributed by atoms with E-state index >= 15 is 0 Å². The number of aliphatic imine (C=N–C) groups is 1. The van der Waals surface area contributed by atoms with Crippen LogP contribution in [0.2, 0.25) is 0 Å². The second kappa shape index (κ2) is 6.37. The van der Waals surface area contributed by atoms with Gasteiger partial charge in [-0.3, -0.25) is 9.67 Å². The largest absolute Gasteiger partial charge is 0.342 e. The lowest BCUT2D eigenvalue weighted by atomic mass is 10.2. The predicted octanol–water partition coefficient (Wildman–Crippen LogP) is 3.32. The number of nitrogens with zero attached hydrogens (tertiary/aromatic N) is 3. The van der Waals surface area contributed by atoms with E-state index < -0.39 is 0 Å². The number of aromatic nitrogens is 2. The molecule has 1 aromatic heterocycles. The van der Waals surface area contributed by atoms with Crippen molar-refractivity contribution in [2.24, 2.45) is 4.99 Å². The fourth-order valence-corrected chi connectivity index (χ4v) is 2.43. The van der Waals surface area contributed by atoms with Crippen LogP contribution in [0, 0.1) is 0 Å². The maximum absolute atomic E-state index is 4.58. The maximum Gasteiger partial charge on any atom is 0.101 e. The van der Waals surface area contributed by atoms with Gasteiger partial charge >= 0.3 is 0 Å². The van der Waals surface area contributed by atoms with Crippen molar-refractivity contribution in [2.75, 3.05) is 11.9 Å². The van der Waals surface area contributed by atoms with E-state index in [4.69, 9.17) is 0 Å². The highest BCUT2D eigenvalue weighted by molar-refractivity contribution is 5.95. The van der Waals surface area contributed by atoms with Crippen molar-refractivity contribution < 1.29 is 0 Å². The van der Waals surface area contributed by atoms with E-state index in [1.807, 2.05) is 23.1 Å². The molecule has 0 atom stereocenters. The topological polar surface area (TPSA) is 42.2 Å². The van der Waals surface area contributed by atoms with E-state index in [9.17, 15) is 0 Å². The van der Waals surface area contributed by atoms with E-state index in [1.165, 1.54) is 24.8 Å². The molecule has 0 saturated carbocycles. The fraction of sp³-hybridized carbons (Fsp3) is 0.375. The Balaban J connectivity index is 1.63. The summed E-state index contributed by atoms with van der Waals surface area (Å²) in [5.74, 6) is 1.10. The van der Waals surface area contributed by atoms with Crippen LogP contribution in [0.15, 0.2) is 47.7 Å². The van der Waals surface area contributed by atoms with Crippen LogP contribution in [0.1, 0.15) is 31.2 Å². The number of nitrogens with one attached hydrogen (secondary N) is 1. The summed E-state index contributed by atoms with van der Waals surface area (Å²) >= 11 is 0. The van der Waals surface area contributed by atoms with Crippen LogP contribution in [0.4, 0.5) is 5.69 Å². The van der Waals surface area contributed by atoms with E-state index in [0.29, 0.717) is 0 Å². The van der Waals surface area contributed by atoms with Gasteiger partial charge in [0.25, 0.3) is 0 Å². The molecule has 0 bridgehead atoms. The van der Waals surface area contributed by atoms with Gasteiger partial charge in [-0.1, -0.05) is 36.8 Å². The second-order valence-electron chi connectivity index (χ2n) is 5.18. The standard InChI is InChI=1S/C16H20N4/c1-3-7-14(8-4-1)12-20-13-15(11-18-20)19-16-9-5-2-6-10-17-16/h1,3-4,7-8,11,13H,2,5-6,9-10,12H2,(H,17,19). The minimum atomic E-state index is 0.801. The van der Waals surface area contributed by atoms with Crippen molar-refractivity contribution in [1.29, 1.82) is 0 Å². The first kappa shape index (κ1) is 12.9. The number of anilines is 1. The lowest BCUT2D eigenvalue weighted by Crippen LogP contribution is -2.11. The van der Waals surface area contributed by atoms with Crippen molar-refractivity contribution in [3.8, 4) is 0 Å². The van der Waals surface area contributed by atoms with Crippen LogP contribution in [0.3, 0.4) is 0 Å². The second-order valence-corrected chi connectivity index (χ2v) is 5.18. The first-order valence-electron chi connectivity index (χ1n) is 7.27. The minimum Gasteiger partial charge on any atom is -0.342 e. The SMILES string of the molecule is c1ccc(Cn2cc(NC3=NCCCCC3)cn2)cc1. The molecule has 0 aliphatic carbocycles. The molecule has 0 radical (unpaired) electrons. The smallest absolute Gasteiger partial charge is 0.101 e. The zero-order chi connectivity index (χ0) is 13.6. The van der Waals surface area contributed by atoms with E-state index in [1.54, 1.807) is 0 Å². The monoisotopic (exact) mass is 268 g/mol. The lowest BCUT2D eigenvalue weighted by Gasteiger charge is -2.05. The number of rotatable bonds is 3. The summed E-state index contributed by atoms with van der Waals surface area (Å²) in [6.07, 6.45) is 8.67. The molecular formula is C16H20N4. The van der Waals surface area contributed by atoms with Gasteiger partial charge < -0.3 is 5.32 Å². The van der Waals surface area contributed by atoms with Gasteiger partial charge in [0.2, 0.25) is 0 Å². The van der Waals surface area contributed by atoms with Gasteiger partial charge in [0, 0.05) is 19.2 Å². The summed E-state index contributed by atoms with van der Waals surface area (Å²) < 4.78 is 1.95. The molecule has 2 heterocycles. The molecule has 0 saturated heterocycles. The van der Waals surface area contributed by atoms with E-state index in [-0.39, 0.29) is 0 Å². The summed E-state index contributed by atoms with van der Waals surface area (Å²) in [6.45, 7) is 1.75. The molecule has 1 aliphatic heterocycles. The van der Waals surface area contributed by atoms with Crippen LogP contribution in [0.5, 0.6) is 0 Å². The Morgan fingerprint density at radius 3 is 2.90 bits per heavy atom. The van der Waals surface area contributed by atoms with Crippen molar-refractivity contribution in [3.05, 3.63) is 48.3 Å². The normalized spacial score (nSPS) is 15.5. The van der Waals surface area contributed by atoms with Gasteiger partial charge in [0.05, 0.1) is 18.4 Å². The zero-order valence-corrected chi connectivity index (χ0v) is 11.6. The number of hydrogen-bond acceptors (Lipinski definition) is 3. The fourth-order valence-electron chi connectivity index (χ4n) is 2.43. The Kier molecular flexibility index (Phi) is 4.11.